The molecule has 0 saturated carbocycles. The van der Waals surface area contributed by atoms with Crippen LogP contribution in [0.15, 0.2) is 12.2 Å². The molecule has 0 aromatic carbocycles. The van der Waals surface area contributed by atoms with E-state index in [1.54, 1.807) is 0 Å². The average molecular weight is 334 g/mol. The van der Waals surface area contributed by atoms with Crippen molar-refractivity contribution >= 4 is 24.1 Å². The average Bonchev–Trinajstić information content (AvgIpc) is 2.34. The summed E-state index contributed by atoms with van der Waals surface area (Å²) in [6.45, 7) is 6.83. The van der Waals surface area contributed by atoms with Crippen LogP contribution >= 0.6 is 0 Å². The Balaban J connectivity index is 2.96. The summed E-state index contributed by atoms with van der Waals surface area (Å²) in [4.78, 5) is 11.9. The van der Waals surface area contributed by atoms with E-state index in [9.17, 15) is 13.2 Å². The van der Waals surface area contributed by atoms with Crippen molar-refractivity contribution in [1.29, 1.82) is 0 Å². The van der Waals surface area contributed by atoms with Crippen LogP contribution in [0, 0.1) is 0 Å². The molecule has 1 aliphatic rings. The van der Waals surface area contributed by atoms with Crippen LogP contribution in [0.1, 0.15) is 19.3 Å². The van der Waals surface area contributed by atoms with Gasteiger partial charge in [0.25, 0.3) is 0 Å². The fourth-order valence-electron chi connectivity index (χ4n) is 2.22. The van der Waals surface area contributed by atoms with E-state index in [4.69, 9.17) is 4.74 Å². The molecule has 1 aliphatic heterocycles. The Hall–Kier alpha value is -0.663. The largest absolute Gasteiger partial charge is 0.468 e. The number of carbonyl (C=O) groups is 1. The van der Waals surface area contributed by atoms with Crippen LogP contribution in [-0.4, -0.2) is 52.2 Å². The molecule has 0 amide bonds. The number of hydrogen-bond acceptors (Lipinski definition) is 4. The molecule has 122 valence electrons. The Kier molecular flexibility index (Phi) is 6.61. The molecule has 0 fully saturated rings. The minimum absolute atomic E-state index is 0.125. The van der Waals surface area contributed by atoms with E-state index in [-0.39, 0.29) is 5.75 Å². The lowest BCUT2D eigenvalue weighted by atomic mass is 10.1. The molecule has 0 aliphatic carbocycles. The Morgan fingerprint density at radius 1 is 1.33 bits per heavy atom. The molecule has 0 aromatic rings. The quantitative estimate of drug-likeness (QED) is 0.440. The number of carbonyl (C=O) groups excluding carboxylic acids is 1. The zero-order valence-electron chi connectivity index (χ0n) is 13.5. The molecular weight excluding hydrogens is 306 g/mol. The van der Waals surface area contributed by atoms with Gasteiger partial charge in [-0.25, -0.2) is 8.42 Å². The molecule has 0 saturated heterocycles. The SMILES string of the molecule is COC(=O)[C@@H]1C/C=C\CCCN1S(=O)(=O)CC[Si](C)(C)C. The number of methoxy groups -OCH3 is 1. The molecule has 0 aromatic heterocycles. The maximum absolute atomic E-state index is 12.6. The Morgan fingerprint density at radius 2 is 2.00 bits per heavy atom. The van der Waals surface area contributed by atoms with Crippen LogP contribution in [0.5, 0.6) is 0 Å². The van der Waals surface area contributed by atoms with Gasteiger partial charge in [-0.15, -0.1) is 0 Å². The van der Waals surface area contributed by atoms with Gasteiger partial charge in [0.1, 0.15) is 6.04 Å². The molecule has 0 spiro atoms. The van der Waals surface area contributed by atoms with Gasteiger partial charge in [-0.1, -0.05) is 31.8 Å². The fraction of sp³-hybridized carbons (Fsp3) is 0.786. The van der Waals surface area contributed by atoms with Gasteiger partial charge in [0.15, 0.2) is 0 Å². The molecular formula is C14H27NO4SSi. The lowest BCUT2D eigenvalue weighted by Crippen LogP contribution is -2.47. The summed E-state index contributed by atoms with van der Waals surface area (Å²) in [5, 5.41) is 0. The van der Waals surface area contributed by atoms with Crippen molar-refractivity contribution in [2.75, 3.05) is 19.4 Å². The summed E-state index contributed by atoms with van der Waals surface area (Å²) in [5.74, 6) is -0.349. The molecule has 0 N–H and O–H groups in total. The minimum atomic E-state index is -3.43. The van der Waals surface area contributed by atoms with E-state index < -0.39 is 30.1 Å². The fourth-order valence-corrected chi connectivity index (χ4v) is 6.90. The third-order valence-corrected chi connectivity index (χ3v) is 7.55. The first-order valence-corrected chi connectivity index (χ1v) is 12.7. The monoisotopic (exact) mass is 333 g/mol. The summed E-state index contributed by atoms with van der Waals surface area (Å²) in [6, 6.07) is -0.0200. The highest BCUT2D eigenvalue weighted by Gasteiger charge is 2.35. The van der Waals surface area contributed by atoms with Crippen molar-refractivity contribution < 1.29 is 17.9 Å². The normalized spacial score (nSPS) is 23.1. The van der Waals surface area contributed by atoms with E-state index in [2.05, 4.69) is 19.6 Å². The molecule has 21 heavy (non-hydrogen) atoms. The number of ether oxygens (including phenoxy) is 1. The predicted molar refractivity (Wildman–Crippen MR) is 87.4 cm³/mol. The zero-order valence-corrected chi connectivity index (χ0v) is 15.3. The van der Waals surface area contributed by atoms with E-state index in [0.717, 1.165) is 12.8 Å². The van der Waals surface area contributed by atoms with Crippen molar-refractivity contribution in [2.45, 2.75) is 51.0 Å². The van der Waals surface area contributed by atoms with Crippen LogP contribution in [0.3, 0.4) is 0 Å². The molecule has 0 radical (unpaired) electrons. The van der Waals surface area contributed by atoms with Crippen molar-refractivity contribution in [2.24, 2.45) is 0 Å². The van der Waals surface area contributed by atoms with Gasteiger partial charge in [0.05, 0.1) is 12.9 Å². The molecule has 5 nitrogen and oxygen atoms in total. The topological polar surface area (TPSA) is 63.7 Å². The van der Waals surface area contributed by atoms with Gasteiger partial charge in [-0.3, -0.25) is 4.79 Å². The van der Waals surface area contributed by atoms with Gasteiger partial charge in [-0.05, 0) is 25.3 Å². The molecule has 0 bridgehead atoms. The smallest absolute Gasteiger partial charge is 0.324 e. The first-order chi connectivity index (χ1) is 9.67. The highest BCUT2D eigenvalue weighted by Crippen LogP contribution is 2.20. The summed E-state index contributed by atoms with van der Waals surface area (Å²) in [6.07, 6.45) is 5.84. The first-order valence-electron chi connectivity index (χ1n) is 7.40. The molecule has 1 heterocycles. The van der Waals surface area contributed by atoms with Crippen molar-refractivity contribution in [3.63, 3.8) is 0 Å². The third-order valence-electron chi connectivity index (χ3n) is 3.56. The number of esters is 1. The van der Waals surface area contributed by atoms with E-state index in [0.29, 0.717) is 19.0 Å². The van der Waals surface area contributed by atoms with Gasteiger partial charge in [0, 0.05) is 14.6 Å². The second-order valence-corrected chi connectivity index (χ2v) is 14.3. The Bertz CT molecular complexity index is 482. The van der Waals surface area contributed by atoms with E-state index in [1.165, 1.54) is 11.4 Å². The number of nitrogens with zero attached hydrogens (tertiary/aromatic N) is 1. The van der Waals surface area contributed by atoms with E-state index >= 15 is 0 Å². The van der Waals surface area contributed by atoms with Crippen molar-refractivity contribution in [3.05, 3.63) is 12.2 Å². The van der Waals surface area contributed by atoms with Crippen LogP contribution in [0.2, 0.25) is 25.7 Å². The summed E-state index contributed by atoms with van der Waals surface area (Å²) in [7, 11) is -3.57. The maximum Gasteiger partial charge on any atom is 0.324 e. The van der Waals surface area contributed by atoms with Gasteiger partial charge >= 0.3 is 5.97 Å². The minimum Gasteiger partial charge on any atom is -0.468 e. The summed E-state index contributed by atoms with van der Waals surface area (Å²) >= 11 is 0. The number of sulfonamides is 1. The second kappa shape index (κ2) is 7.55. The highest BCUT2D eigenvalue weighted by atomic mass is 32.2. The lowest BCUT2D eigenvalue weighted by molar-refractivity contribution is -0.145. The standard InChI is InChI=1S/C14H27NO4SSi/c1-19-14(16)13-9-7-5-6-8-10-15(13)20(17,18)11-12-21(2,3)4/h5,7,13H,6,8-12H2,1-4H3/b7-5-/t13-/m0/s1. The van der Waals surface area contributed by atoms with Crippen molar-refractivity contribution in [3.8, 4) is 0 Å². The molecule has 0 unspecified atom stereocenters. The van der Waals surface area contributed by atoms with Crippen LogP contribution in [0.25, 0.3) is 0 Å². The van der Waals surface area contributed by atoms with Crippen LogP contribution < -0.4 is 0 Å². The summed E-state index contributed by atoms with van der Waals surface area (Å²) in [5.41, 5.74) is 0. The van der Waals surface area contributed by atoms with Crippen molar-refractivity contribution in [1.82, 2.24) is 4.31 Å². The number of rotatable bonds is 5. The van der Waals surface area contributed by atoms with Crippen LogP contribution in [0.4, 0.5) is 0 Å². The Labute approximate surface area is 129 Å². The zero-order chi connectivity index (χ0) is 16.1. The number of hydrogen-bond donors (Lipinski definition) is 0. The summed E-state index contributed by atoms with van der Waals surface area (Å²) < 4.78 is 31.4. The third kappa shape index (κ3) is 5.92. The van der Waals surface area contributed by atoms with Crippen LogP contribution in [-0.2, 0) is 19.6 Å². The molecule has 7 heteroatoms. The Morgan fingerprint density at radius 3 is 2.57 bits per heavy atom. The van der Waals surface area contributed by atoms with Gasteiger partial charge in [-0.2, -0.15) is 4.31 Å². The predicted octanol–water partition coefficient (Wildman–Crippen LogP) is 2.24. The van der Waals surface area contributed by atoms with Gasteiger partial charge in [0.2, 0.25) is 10.0 Å². The van der Waals surface area contributed by atoms with E-state index in [1.807, 2.05) is 12.2 Å². The lowest BCUT2D eigenvalue weighted by Gasteiger charge is -2.30. The van der Waals surface area contributed by atoms with Gasteiger partial charge < -0.3 is 4.74 Å². The second-order valence-electron chi connectivity index (χ2n) is 6.63. The molecule has 1 rings (SSSR count). The number of allylic oxidation sites excluding steroid dienone is 1. The molecule has 1 atom stereocenters. The first kappa shape index (κ1) is 18.4. The maximum atomic E-state index is 12.6. The highest BCUT2D eigenvalue weighted by molar-refractivity contribution is 7.89.